The van der Waals surface area contributed by atoms with E-state index in [-0.39, 0.29) is 16.9 Å². The Morgan fingerprint density at radius 2 is 2.00 bits per heavy atom. The van der Waals surface area contributed by atoms with Crippen LogP contribution in [0.1, 0.15) is 0 Å². The number of hydrogen-bond acceptors (Lipinski definition) is 5. The van der Waals surface area contributed by atoms with E-state index >= 15 is 0 Å². The molecule has 0 saturated heterocycles. The molecule has 0 unspecified atom stereocenters. The number of benzene rings is 1. The number of hydrogen-bond donors (Lipinski definition) is 0. The molecule has 92 valence electrons. The Labute approximate surface area is 105 Å². The van der Waals surface area contributed by atoms with Gasteiger partial charge in [-0.3, -0.25) is 10.1 Å². The largest absolute Gasteiger partial charge is 0.434 e. The van der Waals surface area contributed by atoms with Crippen LogP contribution in [-0.4, -0.2) is 14.9 Å². The molecule has 0 fully saturated rings. The van der Waals surface area contributed by atoms with Gasteiger partial charge in [0.05, 0.1) is 4.92 Å². The van der Waals surface area contributed by atoms with Gasteiger partial charge in [0.2, 0.25) is 5.28 Å². The number of rotatable bonds is 3. The second-order valence-electron chi connectivity index (χ2n) is 3.14. The molecule has 18 heavy (non-hydrogen) atoms. The molecule has 0 aliphatic rings. The molecular formula is C10H5ClFN3O3. The topological polar surface area (TPSA) is 78.2 Å². The van der Waals surface area contributed by atoms with Gasteiger partial charge in [-0.1, -0.05) is 0 Å². The average molecular weight is 270 g/mol. The lowest BCUT2D eigenvalue weighted by atomic mass is 10.3. The standard InChI is InChI=1S/C10H5ClFN3O3/c11-10-13-5-8(15(16)17)9(14-10)18-7-3-1-6(12)2-4-7/h1-5H. The van der Waals surface area contributed by atoms with Crippen molar-refractivity contribution in [2.75, 3.05) is 0 Å². The van der Waals surface area contributed by atoms with Crippen LogP contribution >= 0.6 is 11.6 Å². The van der Waals surface area contributed by atoms with Crippen LogP contribution in [-0.2, 0) is 0 Å². The van der Waals surface area contributed by atoms with Gasteiger partial charge < -0.3 is 4.74 Å². The Morgan fingerprint density at radius 1 is 1.33 bits per heavy atom. The molecule has 0 spiro atoms. The Morgan fingerprint density at radius 3 is 2.61 bits per heavy atom. The minimum atomic E-state index is -0.699. The molecule has 0 radical (unpaired) electrons. The van der Waals surface area contributed by atoms with Crippen molar-refractivity contribution in [3.05, 3.63) is 51.7 Å². The van der Waals surface area contributed by atoms with Gasteiger partial charge in [-0.15, -0.1) is 0 Å². The zero-order valence-electron chi connectivity index (χ0n) is 8.71. The van der Waals surface area contributed by atoms with Crippen molar-refractivity contribution in [2.24, 2.45) is 0 Å². The van der Waals surface area contributed by atoms with Crippen molar-refractivity contribution < 1.29 is 14.1 Å². The van der Waals surface area contributed by atoms with Crippen molar-refractivity contribution in [3.8, 4) is 11.6 Å². The zero-order chi connectivity index (χ0) is 13.1. The molecule has 0 aliphatic heterocycles. The fourth-order valence-electron chi connectivity index (χ4n) is 1.15. The Hall–Kier alpha value is -2.28. The van der Waals surface area contributed by atoms with Gasteiger partial charge in [-0.05, 0) is 35.9 Å². The summed E-state index contributed by atoms with van der Waals surface area (Å²) in [5.41, 5.74) is -0.427. The van der Waals surface area contributed by atoms with Crippen LogP contribution in [0.5, 0.6) is 11.6 Å². The molecule has 0 saturated carbocycles. The SMILES string of the molecule is O=[N+]([O-])c1cnc(Cl)nc1Oc1ccc(F)cc1. The molecule has 2 aromatic rings. The summed E-state index contributed by atoms with van der Waals surface area (Å²) >= 11 is 5.53. The van der Waals surface area contributed by atoms with Crippen LogP contribution in [0.2, 0.25) is 5.28 Å². The normalized spacial score (nSPS) is 10.1. The van der Waals surface area contributed by atoms with E-state index in [4.69, 9.17) is 16.3 Å². The fourth-order valence-corrected chi connectivity index (χ4v) is 1.28. The highest BCUT2D eigenvalue weighted by Crippen LogP contribution is 2.29. The molecular weight excluding hydrogens is 265 g/mol. The molecule has 1 heterocycles. The van der Waals surface area contributed by atoms with E-state index in [0.29, 0.717) is 0 Å². The van der Waals surface area contributed by atoms with Crippen molar-refractivity contribution in [1.29, 1.82) is 0 Å². The predicted molar refractivity (Wildman–Crippen MR) is 60.2 cm³/mol. The summed E-state index contributed by atoms with van der Waals surface area (Å²) in [5, 5.41) is 10.5. The first kappa shape index (κ1) is 12.2. The average Bonchev–Trinajstić information content (AvgIpc) is 2.32. The van der Waals surface area contributed by atoms with E-state index in [9.17, 15) is 14.5 Å². The van der Waals surface area contributed by atoms with Crippen LogP contribution in [0.3, 0.4) is 0 Å². The zero-order valence-corrected chi connectivity index (χ0v) is 9.46. The highest BCUT2D eigenvalue weighted by Gasteiger charge is 2.19. The van der Waals surface area contributed by atoms with Crippen LogP contribution in [0.4, 0.5) is 10.1 Å². The molecule has 1 aromatic carbocycles. The third-order valence-corrected chi connectivity index (χ3v) is 2.11. The molecule has 6 nitrogen and oxygen atoms in total. The summed E-state index contributed by atoms with van der Waals surface area (Å²) in [7, 11) is 0. The molecule has 0 bridgehead atoms. The Bertz CT molecular complexity index is 591. The minimum Gasteiger partial charge on any atom is -0.434 e. The third-order valence-electron chi connectivity index (χ3n) is 1.93. The van der Waals surface area contributed by atoms with Gasteiger partial charge in [0, 0.05) is 0 Å². The second-order valence-corrected chi connectivity index (χ2v) is 3.48. The van der Waals surface area contributed by atoms with Crippen LogP contribution in [0, 0.1) is 15.9 Å². The molecule has 1 aromatic heterocycles. The van der Waals surface area contributed by atoms with Crippen LogP contribution < -0.4 is 4.74 Å². The van der Waals surface area contributed by atoms with Gasteiger partial charge in [0.1, 0.15) is 17.8 Å². The Balaban J connectivity index is 2.35. The summed E-state index contributed by atoms with van der Waals surface area (Å²) in [6.07, 6.45) is 0.939. The lowest BCUT2D eigenvalue weighted by Crippen LogP contribution is -1.97. The highest BCUT2D eigenvalue weighted by molar-refractivity contribution is 6.28. The first-order chi connectivity index (χ1) is 8.56. The van der Waals surface area contributed by atoms with Crippen LogP contribution in [0.25, 0.3) is 0 Å². The minimum absolute atomic E-state index is 0.183. The number of aromatic nitrogens is 2. The maximum absolute atomic E-state index is 12.7. The van der Waals surface area contributed by atoms with Gasteiger partial charge in [-0.2, -0.15) is 4.98 Å². The monoisotopic (exact) mass is 269 g/mol. The maximum Gasteiger partial charge on any atom is 0.349 e. The summed E-state index contributed by atoms with van der Waals surface area (Å²) < 4.78 is 17.8. The predicted octanol–water partition coefficient (Wildman–Crippen LogP) is 2.97. The first-order valence-corrected chi connectivity index (χ1v) is 5.04. The van der Waals surface area contributed by atoms with Crippen molar-refractivity contribution in [1.82, 2.24) is 9.97 Å². The first-order valence-electron chi connectivity index (χ1n) is 4.66. The molecule has 2 rings (SSSR count). The molecule has 0 aliphatic carbocycles. The van der Waals surface area contributed by atoms with E-state index in [2.05, 4.69) is 9.97 Å². The summed E-state index contributed by atoms with van der Waals surface area (Å²) in [6, 6.07) is 4.94. The van der Waals surface area contributed by atoms with Crippen LogP contribution in [0.15, 0.2) is 30.5 Å². The molecule has 8 heteroatoms. The van der Waals surface area contributed by atoms with Gasteiger partial charge in [0.25, 0.3) is 0 Å². The van der Waals surface area contributed by atoms with E-state index in [0.717, 1.165) is 18.3 Å². The number of halogens is 2. The summed E-state index contributed by atoms with van der Waals surface area (Å²) in [5.74, 6) is -0.543. The molecule has 0 N–H and O–H groups in total. The van der Waals surface area contributed by atoms with Crippen molar-refractivity contribution in [3.63, 3.8) is 0 Å². The number of nitro groups is 1. The maximum atomic E-state index is 12.7. The smallest absolute Gasteiger partial charge is 0.349 e. The molecule has 0 atom stereocenters. The summed E-state index contributed by atoms with van der Waals surface area (Å²) in [6.45, 7) is 0. The fraction of sp³-hybridized carbons (Fsp3) is 0. The van der Waals surface area contributed by atoms with E-state index in [1.54, 1.807) is 0 Å². The lowest BCUT2D eigenvalue weighted by Gasteiger charge is -2.04. The summed E-state index contributed by atoms with van der Waals surface area (Å²) in [4.78, 5) is 17.1. The van der Waals surface area contributed by atoms with Crippen molar-refractivity contribution >= 4 is 17.3 Å². The third kappa shape index (κ3) is 2.69. The van der Waals surface area contributed by atoms with Gasteiger partial charge in [0.15, 0.2) is 0 Å². The Kier molecular flexibility index (Phi) is 3.33. The second kappa shape index (κ2) is 4.92. The quantitative estimate of drug-likeness (QED) is 0.486. The van der Waals surface area contributed by atoms with Gasteiger partial charge >= 0.3 is 11.6 Å². The van der Waals surface area contributed by atoms with E-state index in [1.807, 2.05) is 0 Å². The van der Waals surface area contributed by atoms with E-state index in [1.165, 1.54) is 12.1 Å². The van der Waals surface area contributed by atoms with Crippen molar-refractivity contribution in [2.45, 2.75) is 0 Å². The van der Waals surface area contributed by atoms with Gasteiger partial charge in [-0.25, -0.2) is 9.37 Å². The van der Waals surface area contributed by atoms with E-state index < -0.39 is 16.4 Å². The number of nitrogens with zero attached hydrogens (tertiary/aromatic N) is 3. The molecule has 0 amide bonds. The lowest BCUT2D eigenvalue weighted by molar-refractivity contribution is -0.386. The highest BCUT2D eigenvalue weighted by atomic mass is 35.5. The number of ether oxygens (including phenoxy) is 1.